The van der Waals surface area contributed by atoms with E-state index in [0.29, 0.717) is 0 Å². The molecular weight excluding hydrogens is 502 g/mol. The van der Waals surface area contributed by atoms with Crippen molar-refractivity contribution in [2.75, 3.05) is 17.0 Å². The molecule has 5 rings (SSSR count). The van der Waals surface area contributed by atoms with Crippen LogP contribution in [0.2, 0.25) is 0 Å². The van der Waals surface area contributed by atoms with Crippen LogP contribution in [0.3, 0.4) is 0 Å². The van der Waals surface area contributed by atoms with E-state index in [1.807, 2.05) is 54.1 Å². The third-order valence-electron chi connectivity index (χ3n) is 4.52. The van der Waals surface area contributed by atoms with Gasteiger partial charge in [-0.1, -0.05) is 47.6 Å². The van der Waals surface area contributed by atoms with Crippen molar-refractivity contribution in [2.45, 2.75) is 0 Å². The van der Waals surface area contributed by atoms with E-state index in [0.717, 1.165) is 34.1 Å². The number of fused-ring (bicyclic) bond motifs is 6. The predicted octanol–water partition coefficient (Wildman–Crippen LogP) is 4.28. The van der Waals surface area contributed by atoms with Gasteiger partial charge in [-0.3, -0.25) is 0 Å². The van der Waals surface area contributed by atoms with Crippen molar-refractivity contribution in [3.05, 3.63) is 85.0 Å². The molecule has 0 atom stereocenters. The second-order valence-electron chi connectivity index (χ2n) is 5.90. The van der Waals surface area contributed by atoms with Gasteiger partial charge in [0.25, 0.3) is 0 Å². The number of hydrogen-bond acceptors (Lipinski definition) is 4. The van der Waals surface area contributed by atoms with Crippen LogP contribution in [0.25, 0.3) is 11.1 Å². The summed E-state index contributed by atoms with van der Waals surface area (Å²) in [4.78, 5) is 2.09. The zero-order chi connectivity index (χ0) is 16.8. The van der Waals surface area contributed by atoms with E-state index in [-0.39, 0.29) is 20.1 Å². The summed E-state index contributed by atoms with van der Waals surface area (Å²) >= 11 is 0. The molecular formula is C21H15IrN3O-2. The maximum Gasteiger partial charge on any atom is 0.141 e. The van der Waals surface area contributed by atoms with E-state index in [2.05, 4.69) is 35.2 Å². The molecule has 1 radical (unpaired) electrons. The van der Waals surface area contributed by atoms with Gasteiger partial charge in [0, 0.05) is 25.7 Å². The summed E-state index contributed by atoms with van der Waals surface area (Å²) in [5.74, 6) is 1.69. The summed E-state index contributed by atoms with van der Waals surface area (Å²) in [6.07, 6.45) is 0. The summed E-state index contributed by atoms with van der Waals surface area (Å²) < 4.78 is 5.49. The minimum atomic E-state index is 0. The molecule has 0 saturated carbocycles. The van der Waals surface area contributed by atoms with Gasteiger partial charge in [-0.05, 0) is 12.1 Å². The van der Waals surface area contributed by atoms with Gasteiger partial charge in [-0.15, -0.1) is 12.2 Å². The molecule has 0 N–H and O–H groups in total. The van der Waals surface area contributed by atoms with Crippen LogP contribution in [0.15, 0.2) is 71.8 Å². The molecule has 2 aliphatic rings. The Kier molecular flexibility index (Phi) is 4.27. The van der Waals surface area contributed by atoms with Gasteiger partial charge in [0.2, 0.25) is 0 Å². The molecule has 4 nitrogen and oxygen atoms in total. The fourth-order valence-corrected chi connectivity index (χ4v) is 3.38. The number of amidine groups is 1. The van der Waals surface area contributed by atoms with Crippen molar-refractivity contribution in [3.8, 4) is 16.9 Å². The summed E-state index contributed by atoms with van der Waals surface area (Å²) in [5.41, 5.74) is 5.37. The Hall–Kier alpha value is -2.62. The molecule has 0 unspecified atom stereocenters. The molecule has 131 valence electrons. The number of rotatable bonds is 2. The van der Waals surface area contributed by atoms with Crippen molar-refractivity contribution in [1.82, 2.24) is 0 Å². The first-order valence-electron chi connectivity index (χ1n) is 8.12. The Morgan fingerprint density at radius 2 is 1.65 bits per heavy atom. The van der Waals surface area contributed by atoms with E-state index >= 15 is 0 Å². The monoisotopic (exact) mass is 518 g/mol. The Labute approximate surface area is 166 Å². The van der Waals surface area contributed by atoms with Crippen LogP contribution in [-0.4, -0.2) is 12.9 Å². The Balaban J connectivity index is 0.00000168. The number of hydrazone groups is 1. The van der Waals surface area contributed by atoms with Gasteiger partial charge >= 0.3 is 0 Å². The molecule has 0 aliphatic carbocycles. The fraction of sp³-hybridized carbons (Fsp3) is 0.0476. The van der Waals surface area contributed by atoms with Crippen LogP contribution in [0.1, 0.15) is 5.56 Å². The van der Waals surface area contributed by atoms with E-state index < -0.39 is 0 Å². The van der Waals surface area contributed by atoms with Crippen molar-refractivity contribution < 1.29 is 24.8 Å². The zero-order valence-electron chi connectivity index (χ0n) is 14.0. The van der Waals surface area contributed by atoms with Crippen molar-refractivity contribution in [2.24, 2.45) is 5.10 Å². The number of methoxy groups -OCH3 is 1. The normalized spacial score (nSPS) is 14.0. The van der Waals surface area contributed by atoms with E-state index in [1.54, 1.807) is 7.11 Å². The van der Waals surface area contributed by atoms with Gasteiger partial charge in [-0.2, -0.15) is 29.4 Å². The molecule has 2 aliphatic heterocycles. The van der Waals surface area contributed by atoms with E-state index in [4.69, 9.17) is 9.84 Å². The minimum absolute atomic E-state index is 0. The first-order chi connectivity index (χ1) is 12.4. The van der Waals surface area contributed by atoms with Crippen molar-refractivity contribution in [1.29, 1.82) is 0 Å². The maximum atomic E-state index is 5.49. The standard InChI is InChI=1S/C21H15N3O.Ir/c1-25-20-13-7-6-12-19(20)24-14-23-18-11-5-4-9-16(18)15-8-2-3-10-17(15)21(23)22-24;/h2-10,12-14H,1H3;/q-2;. The zero-order valence-corrected chi connectivity index (χ0v) is 16.4. The third-order valence-corrected chi connectivity index (χ3v) is 4.52. The Morgan fingerprint density at radius 3 is 2.50 bits per heavy atom. The molecule has 3 aromatic carbocycles. The topological polar surface area (TPSA) is 28.1 Å². The number of anilines is 2. The van der Waals surface area contributed by atoms with Gasteiger partial charge < -0.3 is 14.6 Å². The molecule has 0 bridgehead atoms. The molecule has 0 aromatic heterocycles. The van der Waals surface area contributed by atoms with Gasteiger partial charge in [0.05, 0.1) is 12.8 Å². The van der Waals surface area contributed by atoms with Crippen LogP contribution in [0.4, 0.5) is 11.4 Å². The van der Waals surface area contributed by atoms with Gasteiger partial charge in [0.1, 0.15) is 11.6 Å². The summed E-state index contributed by atoms with van der Waals surface area (Å²) in [6.45, 7) is 1.98. The first kappa shape index (κ1) is 16.8. The van der Waals surface area contributed by atoms with Crippen LogP contribution >= 0.6 is 0 Å². The number of nitrogens with zero attached hydrogens (tertiary/aromatic N) is 3. The third kappa shape index (κ3) is 2.44. The van der Waals surface area contributed by atoms with Crippen molar-refractivity contribution >= 4 is 17.2 Å². The quantitative estimate of drug-likeness (QED) is 0.475. The number of ether oxygens (including phenoxy) is 1. The minimum Gasteiger partial charge on any atom is -0.495 e. The van der Waals surface area contributed by atoms with Crippen LogP contribution in [0.5, 0.6) is 5.75 Å². The molecule has 0 fully saturated rings. The second-order valence-corrected chi connectivity index (χ2v) is 5.90. The van der Waals surface area contributed by atoms with Gasteiger partial charge in [0.15, 0.2) is 0 Å². The summed E-state index contributed by atoms with van der Waals surface area (Å²) in [7, 11) is 1.67. The smallest absolute Gasteiger partial charge is 0.141 e. The summed E-state index contributed by atoms with van der Waals surface area (Å²) in [5, 5.41) is 6.71. The predicted molar refractivity (Wildman–Crippen MR) is 99.5 cm³/mol. The Morgan fingerprint density at radius 1 is 0.923 bits per heavy atom. The fourth-order valence-electron chi connectivity index (χ4n) is 3.38. The maximum absolute atomic E-state index is 5.49. The number of hydrogen-bond donors (Lipinski definition) is 0. The SMILES string of the molecule is COc1ccccc1N1[CH-]N2C(=N1)c1ccccc1-c1ccc[c-]c12.[Ir]. The summed E-state index contributed by atoms with van der Waals surface area (Å²) in [6, 6.07) is 25.7. The molecule has 5 heteroatoms. The van der Waals surface area contributed by atoms with E-state index in [9.17, 15) is 0 Å². The first-order valence-corrected chi connectivity index (χ1v) is 8.12. The van der Waals surface area contributed by atoms with Crippen LogP contribution in [-0.2, 0) is 20.1 Å². The van der Waals surface area contributed by atoms with Gasteiger partial charge in [-0.25, -0.2) is 0 Å². The van der Waals surface area contributed by atoms with E-state index in [1.165, 1.54) is 5.56 Å². The molecule has 0 spiro atoms. The molecule has 3 aromatic rings. The van der Waals surface area contributed by atoms with Crippen molar-refractivity contribution in [3.63, 3.8) is 0 Å². The molecule has 0 amide bonds. The molecule has 2 heterocycles. The molecule has 26 heavy (non-hydrogen) atoms. The van der Waals surface area contributed by atoms with Crippen LogP contribution < -0.4 is 14.6 Å². The average Bonchev–Trinajstić information content (AvgIpc) is 3.14. The number of para-hydroxylation sites is 3. The van der Waals surface area contributed by atoms with Crippen LogP contribution in [0, 0.1) is 12.7 Å². The Bertz CT molecular complexity index is 1000. The second kappa shape index (κ2) is 6.60. The largest absolute Gasteiger partial charge is 0.495 e. The average molecular weight is 518 g/mol. The number of benzene rings is 3. The molecule has 0 saturated heterocycles.